The Morgan fingerprint density at radius 3 is 2.36 bits per heavy atom. The highest BCUT2D eigenvalue weighted by molar-refractivity contribution is 5.95. The topological polar surface area (TPSA) is 117 Å². The number of rotatable bonds is 8. The average Bonchev–Trinajstić information content (AvgIpc) is 2.59. The molecule has 0 aliphatic carbocycles. The number of unbranched alkanes of at least 4 members (excludes halogenated alkanes) is 1. The van der Waals surface area contributed by atoms with Gasteiger partial charge in [0.1, 0.15) is 5.84 Å². The molecule has 1 atom stereocenters. The number of amidine groups is 1. The molecule has 132 valence electrons. The third-order valence-corrected chi connectivity index (χ3v) is 3.85. The highest BCUT2D eigenvalue weighted by Crippen LogP contribution is 2.32. The predicted molar refractivity (Wildman–Crippen MR) is 96.1 cm³/mol. The fourth-order valence-corrected chi connectivity index (χ4v) is 2.41. The number of phenols is 1. The van der Waals surface area contributed by atoms with Crippen molar-refractivity contribution in [2.24, 2.45) is 5.73 Å². The van der Waals surface area contributed by atoms with Crippen LogP contribution in [0.3, 0.4) is 0 Å². The van der Waals surface area contributed by atoms with Crippen molar-refractivity contribution in [3.8, 4) is 22.6 Å². The Bertz CT molecular complexity index is 757. The van der Waals surface area contributed by atoms with Crippen molar-refractivity contribution >= 4 is 11.8 Å². The number of phenolic OH excluding ortho intramolecular Hbond substituents is 1. The van der Waals surface area contributed by atoms with Crippen LogP contribution in [0.2, 0.25) is 0 Å². The Hall–Kier alpha value is -3.02. The highest BCUT2D eigenvalue weighted by atomic mass is 16.5. The summed E-state index contributed by atoms with van der Waals surface area (Å²) in [5.41, 5.74) is 7.64. The first kappa shape index (κ1) is 18.3. The van der Waals surface area contributed by atoms with Crippen molar-refractivity contribution in [2.75, 3.05) is 0 Å². The van der Waals surface area contributed by atoms with E-state index in [2.05, 4.69) is 0 Å². The zero-order chi connectivity index (χ0) is 18.4. The van der Waals surface area contributed by atoms with E-state index in [-0.39, 0.29) is 17.3 Å². The summed E-state index contributed by atoms with van der Waals surface area (Å²) in [6.45, 7) is 1.97. The summed E-state index contributed by atoms with van der Waals surface area (Å²) >= 11 is 0. The summed E-state index contributed by atoms with van der Waals surface area (Å²) in [4.78, 5) is 11.3. The smallest absolute Gasteiger partial charge is 0.344 e. The summed E-state index contributed by atoms with van der Waals surface area (Å²) < 4.78 is 5.46. The standard InChI is InChI=1S/C19H22N2O4/c1-2-3-4-17(19(23)24)25-16-10-9-14(11-15(16)22)12-5-7-13(8-6-12)18(20)21/h5-11,17,22H,2-4H2,1H3,(H3,20,21)(H,23,24). The monoisotopic (exact) mass is 342 g/mol. The maximum atomic E-state index is 11.3. The van der Waals surface area contributed by atoms with E-state index in [1.165, 1.54) is 6.07 Å². The molecule has 0 radical (unpaired) electrons. The number of carboxylic acids is 1. The Morgan fingerprint density at radius 1 is 1.20 bits per heavy atom. The molecule has 0 aliphatic rings. The number of aromatic hydroxyl groups is 1. The van der Waals surface area contributed by atoms with Crippen molar-refractivity contribution < 1.29 is 19.7 Å². The molecule has 2 rings (SSSR count). The van der Waals surface area contributed by atoms with Crippen LogP contribution in [0.1, 0.15) is 31.7 Å². The molecule has 2 aromatic carbocycles. The normalized spacial score (nSPS) is 11.7. The van der Waals surface area contributed by atoms with Gasteiger partial charge in [0.05, 0.1) is 0 Å². The average molecular weight is 342 g/mol. The van der Waals surface area contributed by atoms with E-state index in [1.807, 2.05) is 6.92 Å². The minimum absolute atomic E-state index is 0.00932. The molecular weight excluding hydrogens is 320 g/mol. The summed E-state index contributed by atoms with van der Waals surface area (Å²) in [5.74, 6) is -1.02. The van der Waals surface area contributed by atoms with Gasteiger partial charge in [-0.3, -0.25) is 5.41 Å². The van der Waals surface area contributed by atoms with Gasteiger partial charge in [0.2, 0.25) is 0 Å². The predicted octanol–water partition coefficient (Wildman–Crippen LogP) is 3.37. The molecular formula is C19H22N2O4. The SMILES string of the molecule is CCCCC(Oc1ccc(-c2ccc(C(=N)N)cc2)cc1O)C(=O)O. The van der Waals surface area contributed by atoms with Crippen LogP contribution < -0.4 is 10.5 Å². The molecule has 6 nitrogen and oxygen atoms in total. The van der Waals surface area contributed by atoms with E-state index < -0.39 is 12.1 Å². The van der Waals surface area contributed by atoms with Crippen LogP contribution in [0.4, 0.5) is 0 Å². The maximum Gasteiger partial charge on any atom is 0.344 e. The number of nitrogens with one attached hydrogen (secondary N) is 1. The zero-order valence-corrected chi connectivity index (χ0v) is 14.0. The van der Waals surface area contributed by atoms with Crippen LogP contribution in [0.5, 0.6) is 11.5 Å². The number of carboxylic acid groups (broad SMARTS) is 1. The molecule has 1 unspecified atom stereocenters. The number of nitrogen functional groups attached to an aromatic ring is 1. The molecule has 25 heavy (non-hydrogen) atoms. The Kier molecular flexibility index (Phi) is 6.00. The first-order chi connectivity index (χ1) is 11.9. The first-order valence-corrected chi connectivity index (χ1v) is 8.09. The van der Waals surface area contributed by atoms with Crippen LogP contribution in [0.15, 0.2) is 42.5 Å². The van der Waals surface area contributed by atoms with Gasteiger partial charge in [-0.15, -0.1) is 0 Å². The van der Waals surface area contributed by atoms with Crippen LogP contribution in [0.25, 0.3) is 11.1 Å². The van der Waals surface area contributed by atoms with Crippen molar-refractivity contribution in [3.05, 3.63) is 48.0 Å². The minimum Gasteiger partial charge on any atom is -0.504 e. The Balaban J connectivity index is 2.19. The van der Waals surface area contributed by atoms with Gasteiger partial charge in [-0.2, -0.15) is 0 Å². The molecule has 0 saturated heterocycles. The van der Waals surface area contributed by atoms with Crippen LogP contribution >= 0.6 is 0 Å². The van der Waals surface area contributed by atoms with Gasteiger partial charge in [0.15, 0.2) is 17.6 Å². The molecule has 0 amide bonds. The Morgan fingerprint density at radius 2 is 1.84 bits per heavy atom. The van der Waals surface area contributed by atoms with Gasteiger partial charge in [0.25, 0.3) is 0 Å². The fraction of sp³-hybridized carbons (Fsp3) is 0.263. The van der Waals surface area contributed by atoms with E-state index in [0.29, 0.717) is 12.0 Å². The summed E-state index contributed by atoms with van der Waals surface area (Å²) in [6, 6.07) is 11.9. The molecule has 5 N–H and O–H groups in total. The van der Waals surface area contributed by atoms with E-state index in [4.69, 9.17) is 15.9 Å². The molecule has 0 heterocycles. The largest absolute Gasteiger partial charge is 0.504 e. The second-order valence-electron chi connectivity index (χ2n) is 5.76. The van der Waals surface area contributed by atoms with Gasteiger partial charge >= 0.3 is 5.97 Å². The number of benzene rings is 2. The summed E-state index contributed by atoms with van der Waals surface area (Å²) in [6.07, 6.45) is 1.01. The Labute approximate surface area is 146 Å². The molecule has 0 aromatic heterocycles. The van der Waals surface area contributed by atoms with Crippen LogP contribution in [-0.2, 0) is 4.79 Å². The second kappa shape index (κ2) is 8.19. The van der Waals surface area contributed by atoms with E-state index in [0.717, 1.165) is 24.0 Å². The number of ether oxygens (including phenoxy) is 1. The van der Waals surface area contributed by atoms with Crippen molar-refractivity contribution in [3.63, 3.8) is 0 Å². The summed E-state index contributed by atoms with van der Waals surface area (Å²) in [7, 11) is 0. The first-order valence-electron chi connectivity index (χ1n) is 8.09. The zero-order valence-electron chi connectivity index (χ0n) is 14.0. The maximum absolute atomic E-state index is 11.3. The fourth-order valence-electron chi connectivity index (χ4n) is 2.41. The summed E-state index contributed by atoms with van der Waals surface area (Å²) in [5, 5.41) is 26.8. The number of hydrogen-bond acceptors (Lipinski definition) is 4. The molecule has 0 saturated carbocycles. The molecule has 2 aromatic rings. The molecule has 0 spiro atoms. The number of carbonyl (C=O) groups is 1. The molecule has 0 fully saturated rings. The lowest BCUT2D eigenvalue weighted by molar-refractivity contribution is -0.145. The minimum atomic E-state index is -1.04. The second-order valence-corrected chi connectivity index (χ2v) is 5.76. The number of hydrogen-bond donors (Lipinski definition) is 4. The van der Waals surface area contributed by atoms with Gasteiger partial charge in [0, 0.05) is 5.56 Å². The highest BCUT2D eigenvalue weighted by Gasteiger charge is 2.20. The van der Waals surface area contributed by atoms with Gasteiger partial charge in [-0.1, -0.05) is 43.7 Å². The lowest BCUT2D eigenvalue weighted by Crippen LogP contribution is -2.26. The van der Waals surface area contributed by atoms with Crippen molar-refractivity contribution in [1.29, 1.82) is 5.41 Å². The van der Waals surface area contributed by atoms with Crippen LogP contribution in [-0.4, -0.2) is 28.1 Å². The van der Waals surface area contributed by atoms with E-state index in [1.54, 1.807) is 36.4 Å². The third kappa shape index (κ3) is 4.73. The molecule has 0 bridgehead atoms. The van der Waals surface area contributed by atoms with Crippen molar-refractivity contribution in [1.82, 2.24) is 0 Å². The van der Waals surface area contributed by atoms with Crippen LogP contribution in [0, 0.1) is 5.41 Å². The number of aliphatic carboxylic acids is 1. The lowest BCUT2D eigenvalue weighted by Gasteiger charge is -2.16. The molecule has 0 aliphatic heterocycles. The lowest BCUT2D eigenvalue weighted by atomic mass is 10.0. The van der Waals surface area contributed by atoms with Gasteiger partial charge in [-0.05, 0) is 36.1 Å². The van der Waals surface area contributed by atoms with Gasteiger partial charge in [-0.25, -0.2) is 4.79 Å². The van der Waals surface area contributed by atoms with E-state index in [9.17, 15) is 15.0 Å². The van der Waals surface area contributed by atoms with Crippen molar-refractivity contribution in [2.45, 2.75) is 32.3 Å². The number of nitrogens with two attached hydrogens (primary N) is 1. The quantitative estimate of drug-likeness (QED) is 0.433. The molecule has 6 heteroatoms. The van der Waals surface area contributed by atoms with Gasteiger partial charge < -0.3 is 20.7 Å². The van der Waals surface area contributed by atoms with E-state index >= 15 is 0 Å². The third-order valence-electron chi connectivity index (χ3n) is 3.85.